The lowest BCUT2D eigenvalue weighted by Crippen LogP contribution is -2.28. The maximum absolute atomic E-state index is 12.8. The number of hydrogen-bond donors (Lipinski definition) is 1. The summed E-state index contributed by atoms with van der Waals surface area (Å²) in [5, 5.41) is 1.89. The second-order valence-corrected chi connectivity index (χ2v) is 9.53. The largest absolute Gasteiger partial charge is 0.313 e. The molecule has 30 heavy (non-hydrogen) atoms. The van der Waals surface area contributed by atoms with Crippen LogP contribution in [0, 0.1) is 0 Å². The first kappa shape index (κ1) is 19.7. The number of rotatable bonds is 3. The Bertz CT molecular complexity index is 1250. The second-order valence-electron chi connectivity index (χ2n) is 7.10. The number of nitrogens with zero attached hydrogens (tertiary/aromatic N) is 2. The molecule has 1 unspecified atom stereocenters. The summed E-state index contributed by atoms with van der Waals surface area (Å²) < 4.78 is 1.02. The Hall–Kier alpha value is -2.28. The summed E-state index contributed by atoms with van der Waals surface area (Å²) in [5.41, 5.74) is 4.04. The van der Waals surface area contributed by atoms with E-state index in [1.807, 2.05) is 60.7 Å². The van der Waals surface area contributed by atoms with Crippen molar-refractivity contribution in [2.75, 3.05) is 0 Å². The predicted molar refractivity (Wildman–Crippen MR) is 133 cm³/mol. The van der Waals surface area contributed by atoms with Gasteiger partial charge in [0.05, 0.1) is 11.0 Å². The van der Waals surface area contributed by atoms with Gasteiger partial charge in [0.15, 0.2) is 0 Å². The van der Waals surface area contributed by atoms with Crippen LogP contribution in [0.2, 0.25) is 0 Å². The van der Waals surface area contributed by atoms with Crippen LogP contribution in [0.5, 0.6) is 0 Å². The van der Waals surface area contributed by atoms with E-state index in [4.69, 9.17) is 17.6 Å². The van der Waals surface area contributed by atoms with Crippen LogP contribution in [0.3, 0.4) is 0 Å². The van der Waals surface area contributed by atoms with Gasteiger partial charge in [0.2, 0.25) is 0 Å². The lowest BCUT2D eigenvalue weighted by molar-refractivity contribution is 0.225. The van der Waals surface area contributed by atoms with Crippen LogP contribution in [0.1, 0.15) is 11.1 Å². The lowest BCUT2D eigenvalue weighted by atomic mass is 10.0. The molecule has 0 spiro atoms. The molecule has 0 saturated carbocycles. The van der Waals surface area contributed by atoms with Gasteiger partial charge in [-0.25, -0.2) is 4.98 Å². The Balaban J connectivity index is 1.57. The fourth-order valence-corrected chi connectivity index (χ4v) is 5.34. The number of fused-ring (bicyclic) bond motifs is 2. The van der Waals surface area contributed by atoms with Gasteiger partial charge in [0.1, 0.15) is 5.37 Å². The fraction of sp³-hybridized carbons (Fsp3) is 0.0833. The highest BCUT2D eigenvalue weighted by atomic mass is 79.9. The molecule has 4 aromatic rings. The molecule has 3 aromatic carbocycles. The lowest BCUT2D eigenvalue weighted by Gasteiger charge is -2.20. The molecule has 1 aliphatic heterocycles. The van der Waals surface area contributed by atoms with Gasteiger partial charge in [-0.15, -0.1) is 12.6 Å². The molecule has 0 N–H and O–H groups in total. The van der Waals surface area contributed by atoms with Gasteiger partial charge in [-0.05, 0) is 53.2 Å². The smallest absolute Gasteiger partial charge is 0.287 e. The van der Waals surface area contributed by atoms with Crippen molar-refractivity contribution in [3.63, 3.8) is 0 Å². The number of thioether (sulfide) groups is 1. The maximum Gasteiger partial charge on any atom is 0.287 e. The molecular weight excluding hydrogens is 476 g/mol. The van der Waals surface area contributed by atoms with Gasteiger partial charge >= 0.3 is 0 Å². The van der Waals surface area contributed by atoms with Gasteiger partial charge in [-0.1, -0.05) is 64.5 Å². The zero-order valence-electron chi connectivity index (χ0n) is 15.8. The minimum atomic E-state index is -0.281. The highest BCUT2D eigenvalue weighted by molar-refractivity contribution is 9.10. The highest BCUT2D eigenvalue weighted by Crippen LogP contribution is 2.41. The van der Waals surface area contributed by atoms with Crippen molar-refractivity contribution >= 4 is 73.4 Å². The summed E-state index contributed by atoms with van der Waals surface area (Å²) in [6.45, 7) is 0.530. The highest BCUT2D eigenvalue weighted by Gasteiger charge is 2.34. The molecule has 1 aromatic heterocycles. The number of aromatic nitrogens is 1. The summed E-state index contributed by atoms with van der Waals surface area (Å²) in [7, 11) is 0. The van der Waals surface area contributed by atoms with E-state index in [1.165, 1.54) is 11.8 Å². The summed E-state index contributed by atoms with van der Waals surface area (Å²) in [4.78, 5) is 20.3. The van der Waals surface area contributed by atoms with Crippen molar-refractivity contribution in [2.24, 2.45) is 0 Å². The van der Waals surface area contributed by atoms with Crippen molar-refractivity contribution < 1.29 is 4.79 Å². The number of para-hydroxylation sites is 2. The van der Waals surface area contributed by atoms with Crippen molar-refractivity contribution in [3.05, 3.63) is 93.3 Å². The third-order valence-electron chi connectivity index (χ3n) is 5.17. The zero-order valence-corrected chi connectivity index (χ0v) is 19.1. The first-order chi connectivity index (χ1) is 14.6. The topological polar surface area (TPSA) is 33.2 Å². The van der Waals surface area contributed by atoms with E-state index in [0.717, 1.165) is 42.3 Å². The van der Waals surface area contributed by atoms with Crippen molar-refractivity contribution in [2.45, 2.75) is 11.9 Å². The van der Waals surface area contributed by atoms with E-state index in [0.29, 0.717) is 6.54 Å². The molecule has 1 aliphatic rings. The van der Waals surface area contributed by atoms with Crippen molar-refractivity contribution in [1.29, 1.82) is 0 Å². The molecule has 3 nitrogen and oxygen atoms in total. The second kappa shape index (κ2) is 8.10. The Morgan fingerprint density at radius 3 is 2.20 bits per heavy atom. The summed E-state index contributed by atoms with van der Waals surface area (Å²) in [6, 6.07) is 24.3. The van der Waals surface area contributed by atoms with Crippen LogP contribution in [0.25, 0.3) is 27.9 Å². The van der Waals surface area contributed by atoms with Gasteiger partial charge < -0.3 is 4.90 Å². The Morgan fingerprint density at radius 2 is 1.57 bits per heavy atom. The number of halogens is 1. The third kappa shape index (κ3) is 3.64. The summed E-state index contributed by atoms with van der Waals surface area (Å²) >= 11 is 9.51. The number of carbonyl (C=O) groups excluding carboxylic acids is 1. The number of benzene rings is 3. The summed E-state index contributed by atoms with van der Waals surface area (Å²) in [5.74, 6) is 0. The molecule has 148 valence electrons. The van der Waals surface area contributed by atoms with Crippen LogP contribution in [0.4, 0.5) is 4.79 Å². The number of thiol groups is 1. The Kier molecular flexibility index (Phi) is 5.31. The van der Waals surface area contributed by atoms with Crippen molar-refractivity contribution in [3.8, 4) is 0 Å². The molecule has 6 heteroatoms. The molecule has 1 amide bonds. The maximum atomic E-state index is 12.8. The van der Waals surface area contributed by atoms with Crippen LogP contribution in [-0.2, 0) is 6.54 Å². The molecule has 1 saturated heterocycles. The SMILES string of the molecule is O=C1SC(=Cc2c3ccccc3nc3ccccc23)C(S)N1Cc1ccc(Br)cc1. The molecule has 2 heterocycles. The van der Waals surface area contributed by atoms with Crippen molar-refractivity contribution in [1.82, 2.24) is 9.88 Å². The number of carbonyl (C=O) groups is 1. The van der Waals surface area contributed by atoms with Crippen LogP contribution >= 0.6 is 40.3 Å². The van der Waals surface area contributed by atoms with Crippen LogP contribution in [-0.4, -0.2) is 20.5 Å². The molecule has 0 radical (unpaired) electrons. The van der Waals surface area contributed by atoms with Gasteiger partial charge in [-0.2, -0.15) is 0 Å². The zero-order chi connectivity index (χ0) is 20.7. The Morgan fingerprint density at radius 1 is 0.967 bits per heavy atom. The number of hydrogen-bond acceptors (Lipinski definition) is 4. The van der Waals surface area contributed by atoms with Gasteiger partial charge in [0.25, 0.3) is 5.24 Å². The predicted octanol–water partition coefficient (Wildman–Crippen LogP) is 7.12. The van der Waals surface area contributed by atoms with Gasteiger partial charge in [-0.3, -0.25) is 4.79 Å². The molecular formula is C24H17BrN2OS2. The van der Waals surface area contributed by atoms with Crippen LogP contribution < -0.4 is 0 Å². The average Bonchev–Trinajstić information content (AvgIpc) is 3.02. The molecule has 5 rings (SSSR count). The van der Waals surface area contributed by atoms with E-state index < -0.39 is 0 Å². The normalized spacial score (nSPS) is 18.1. The third-order valence-corrected chi connectivity index (χ3v) is 7.42. The minimum absolute atomic E-state index is 0.0202. The number of pyridine rings is 1. The number of amides is 1. The monoisotopic (exact) mass is 492 g/mol. The van der Waals surface area contributed by atoms with E-state index in [1.54, 1.807) is 4.90 Å². The molecule has 0 aliphatic carbocycles. The van der Waals surface area contributed by atoms with E-state index in [-0.39, 0.29) is 10.6 Å². The van der Waals surface area contributed by atoms with E-state index >= 15 is 0 Å². The molecule has 0 bridgehead atoms. The van der Waals surface area contributed by atoms with E-state index in [2.05, 4.69) is 34.1 Å². The standard InChI is InChI=1S/C24H17BrN2OS2/c25-16-11-9-15(10-12-16)14-27-23(29)22(30-24(27)28)13-19-17-5-1-3-7-20(17)26-21-8-4-2-6-18(19)21/h1-13,23,29H,14H2. The minimum Gasteiger partial charge on any atom is -0.313 e. The average molecular weight is 493 g/mol. The quantitative estimate of drug-likeness (QED) is 0.244. The van der Waals surface area contributed by atoms with Gasteiger partial charge in [0, 0.05) is 26.7 Å². The Labute approximate surface area is 192 Å². The summed E-state index contributed by atoms with van der Waals surface area (Å²) in [6.07, 6.45) is 2.11. The fourth-order valence-electron chi connectivity index (χ4n) is 3.68. The first-order valence-electron chi connectivity index (χ1n) is 9.50. The molecule has 1 fully saturated rings. The van der Waals surface area contributed by atoms with E-state index in [9.17, 15) is 4.79 Å². The molecule has 1 atom stereocenters. The van der Waals surface area contributed by atoms with Crippen LogP contribution in [0.15, 0.2) is 82.2 Å². The first-order valence-corrected chi connectivity index (χ1v) is 11.6.